The molecule has 0 atom stereocenters. The third kappa shape index (κ3) is 3.08. The van der Waals surface area contributed by atoms with E-state index >= 15 is 0 Å². The van der Waals surface area contributed by atoms with Gasteiger partial charge in [0.2, 0.25) is 0 Å². The molecule has 2 aromatic carbocycles. The number of halogens is 3. The summed E-state index contributed by atoms with van der Waals surface area (Å²) in [5, 5.41) is 2.86. The van der Waals surface area contributed by atoms with E-state index in [1.54, 1.807) is 12.1 Å². The molecule has 0 aliphatic heterocycles. The Kier molecular flexibility index (Phi) is 4.11. The van der Waals surface area contributed by atoms with Crippen molar-refractivity contribution < 1.29 is 8.78 Å². The molecule has 0 saturated carbocycles. The summed E-state index contributed by atoms with van der Waals surface area (Å²) in [4.78, 5) is 0.0365. The normalized spacial score (nSPS) is 10.3. The van der Waals surface area contributed by atoms with Gasteiger partial charge in [0.25, 0.3) is 0 Å². The minimum atomic E-state index is -0.457. The van der Waals surface area contributed by atoms with E-state index in [1.165, 1.54) is 24.3 Å². The summed E-state index contributed by atoms with van der Waals surface area (Å²) in [6, 6.07) is 8.50. The first-order valence-electron chi connectivity index (χ1n) is 5.29. The second-order valence-electron chi connectivity index (χ2n) is 3.78. The Bertz CT molecular complexity index is 626. The van der Waals surface area contributed by atoms with Crippen molar-refractivity contribution in [2.75, 3.05) is 5.32 Å². The first kappa shape index (κ1) is 13.9. The second kappa shape index (κ2) is 5.63. The van der Waals surface area contributed by atoms with Crippen molar-refractivity contribution in [3.05, 3.63) is 58.1 Å². The number of rotatable bonds is 3. The molecule has 0 radical (unpaired) electrons. The van der Waals surface area contributed by atoms with Gasteiger partial charge in [-0.05, 0) is 46.3 Å². The molecule has 0 aliphatic rings. The molecular formula is C13H9BrF2N2S. The van der Waals surface area contributed by atoms with Crippen LogP contribution in [0.3, 0.4) is 0 Å². The largest absolute Gasteiger partial charge is 0.389 e. The van der Waals surface area contributed by atoms with Crippen molar-refractivity contribution in [2.45, 2.75) is 0 Å². The Morgan fingerprint density at radius 3 is 2.58 bits per heavy atom. The first-order chi connectivity index (χ1) is 8.99. The highest BCUT2D eigenvalue weighted by molar-refractivity contribution is 9.10. The number of anilines is 2. The molecule has 6 heteroatoms. The van der Waals surface area contributed by atoms with Crippen molar-refractivity contribution in [2.24, 2.45) is 5.73 Å². The Morgan fingerprint density at radius 2 is 1.95 bits per heavy atom. The van der Waals surface area contributed by atoms with Crippen molar-refractivity contribution in [3.63, 3.8) is 0 Å². The van der Waals surface area contributed by atoms with Crippen LogP contribution in [-0.2, 0) is 0 Å². The molecule has 2 rings (SSSR count). The Morgan fingerprint density at radius 1 is 1.21 bits per heavy atom. The molecule has 2 aromatic rings. The highest BCUT2D eigenvalue weighted by Crippen LogP contribution is 2.30. The lowest BCUT2D eigenvalue weighted by atomic mass is 10.1. The van der Waals surface area contributed by atoms with E-state index in [0.717, 1.165) is 0 Å². The lowest BCUT2D eigenvalue weighted by Gasteiger charge is -2.13. The zero-order chi connectivity index (χ0) is 14.0. The highest BCUT2D eigenvalue weighted by atomic mass is 79.9. The third-order valence-corrected chi connectivity index (χ3v) is 3.35. The van der Waals surface area contributed by atoms with Crippen LogP contribution in [0, 0.1) is 11.6 Å². The van der Waals surface area contributed by atoms with Gasteiger partial charge >= 0.3 is 0 Å². The molecule has 19 heavy (non-hydrogen) atoms. The van der Waals surface area contributed by atoms with E-state index in [-0.39, 0.29) is 10.7 Å². The summed E-state index contributed by atoms with van der Waals surface area (Å²) in [5.41, 5.74) is 6.54. The Labute approximate surface area is 122 Å². The van der Waals surface area contributed by atoms with Gasteiger partial charge in [-0.3, -0.25) is 0 Å². The molecule has 0 fully saturated rings. The number of nitrogens with one attached hydrogen (secondary N) is 1. The number of benzene rings is 2. The number of hydrogen-bond acceptors (Lipinski definition) is 2. The topological polar surface area (TPSA) is 38.0 Å². The summed E-state index contributed by atoms with van der Waals surface area (Å²) in [6.07, 6.45) is 0. The summed E-state index contributed by atoms with van der Waals surface area (Å²) in [5.74, 6) is -0.895. The average molecular weight is 343 g/mol. The number of thiocarbonyl (C=S) groups is 1. The zero-order valence-corrected chi connectivity index (χ0v) is 12.0. The molecule has 0 aromatic heterocycles. The Hall–Kier alpha value is -1.53. The van der Waals surface area contributed by atoms with E-state index < -0.39 is 11.6 Å². The van der Waals surface area contributed by atoms with E-state index in [0.29, 0.717) is 15.7 Å². The van der Waals surface area contributed by atoms with Gasteiger partial charge in [0, 0.05) is 15.7 Å². The molecule has 0 amide bonds. The van der Waals surface area contributed by atoms with E-state index in [2.05, 4.69) is 21.2 Å². The van der Waals surface area contributed by atoms with Gasteiger partial charge in [0.05, 0.1) is 5.69 Å². The van der Waals surface area contributed by atoms with E-state index in [4.69, 9.17) is 18.0 Å². The van der Waals surface area contributed by atoms with Gasteiger partial charge in [0.15, 0.2) is 0 Å². The van der Waals surface area contributed by atoms with Gasteiger partial charge in [-0.25, -0.2) is 8.78 Å². The van der Waals surface area contributed by atoms with Crippen LogP contribution in [0.25, 0.3) is 0 Å². The summed E-state index contributed by atoms with van der Waals surface area (Å²) in [6.45, 7) is 0. The van der Waals surface area contributed by atoms with E-state index in [1.807, 2.05) is 0 Å². The molecule has 0 spiro atoms. The zero-order valence-electron chi connectivity index (χ0n) is 9.58. The monoisotopic (exact) mass is 342 g/mol. The number of hydrogen-bond donors (Lipinski definition) is 2. The maximum absolute atomic E-state index is 13.7. The minimum absolute atomic E-state index is 0.0365. The van der Waals surface area contributed by atoms with Gasteiger partial charge in [-0.15, -0.1) is 0 Å². The third-order valence-electron chi connectivity index (χ3n) is 2.47. The lowest BCUT2D eigenvalue weighted by molar-refractivity contribution is 0.627. The van der Waals surface area contributed by atoms with Crippen LogP contribution in [0.1, 0.15) is 5.56 Å². The van der Waals surface area contributed by atoms with Crippen molar-refractivity contribution >= 4 is 44.5 Å². The van der Waals surface area contributed by atoms with Crippen LogP contribution >= 0.6 is 28.1 Å². The molecule has 0 unspecified atom stereocenters. The predicted molar refractivity (Wildman–Crippen MR) is 79.7 cm³/mol. The second-order valence-corrected chi connectivity index (χ2v) is 5.07. The molecular weight excluding hydrogens is 334 g/mol. The summed E-state index contributed by atoms with van der Waals surface area (Å²) >= 11 is 8.10. The fraction of sp³-hybridized carbons (Fsp3) is 0. The van der Waals surface area contributed by atoms with Crippen LogP contribution < -0.4 is 11.1 Å². The predicted octanol–water partition coefficient (Wildman–Crippen LogP) is 4.11. The van der Waals surface area contributed by atoms with Crippen LogP contribution in [0.2, 0.25) is 0 Å². The van der Waals surface area contributed by atoms with Gasteiger partial charge < -0.3 is 11.1 Å². The van der Waals surface area contributed by atoms with Crippen LogP contribution in [0.15, 0.2) is 40.9 Å². The standard InChI is InChI=1S/C13H9BrF2N2S/c14-9-2-1-3-10(16)12(9)18-11-5-4-7(15)6-8(11)13(17)19/h1-6,18H,(H2,17,19). The summed E-state index contributed by atoms with van der Waals surface area (Å²) < 4.78 is 27.4. The van der Waals surface area contributed by atoms with E-state index in [9.17, 15) is 8.78 Å². The fourth-order valence-electron chi connectivity index (χ4n) is 1.58. The molecule has 2 nitrogen and oxygen atoms in total. The van der Waals surface area contributed by atoms with Gasteiger partial charge in [-0.1, -0.05) is 18.3 Å². The number of nitrogens with two attached hydrogens (primary N) is 1. The summed E-state index contributed by atoms with van der Waals surface area (Å²) in [7, 11) is 0. The van der Waals surface area contributed by atoms with Crippen molar-refractivity contribution in [3.8, 4) is 0 Å². The molecule has 0 aliphatic carbocycles. The van der Waals surface area contributed by atoms with Crippen LogP contribution in [0.4, 0.5) is 20.2 Å². The van der Waals surface area contributed by atoms with Crippen LogP contribution in [-0.4, -0.2) is 4.99 Å². The SMILES string of the molecule is NC(=S)c1cc(F)ccc1Nc1c(F)cccc1Br. The minimum Gasteiger partial charge on any atom is -0.389 e. The van der Waals surface area contributed by atoms with Crippen molar-refractivity contribution in [1.29, 1.82) is 0 Å². The smallest absolute Gasteiger partial charge is 0.147 e. The number of para-hydroxylation sites is 1. The quantitative estimate of drug-likeness (QED) is 0.824. The molecule has 3 N–H and O–H groups in total. The molecule has 0 heterocycles. The van der Waals surface area contributed by atoms with Crippen molar-refractivity contribution in [1.82, 2.24) is 0 Å². The van der Waals surface area contributed by atoms with Gasteiger partial charge in [0.1, 0.15) is 16.6 Å². The van der Waals surface area contributed by atoms with Crippen LogP contribution in [0.5, 0.6) is 0 Å². The average Bonchev–Trinajstić information content (AvgIpc) is 2.35. The lowest BCUT2D eigenvalue weighted by Crippen LogP contribution is -2.12. The Balaban J connectivity index is 2.47. The fourth-order valence-corrected chi connectivity index (χ4v) is 2.19. The molecule has 98 valence electrons. The van der Waals surface area contributed by atoms with Gasteiger partial charge in [-0.2, -0.15) is 0 Å². The molecule has 0 bridgehead atoms. The maximum atomic E-state index is 13.7. The highest BCUT2D eigenvalue weighted by Gasteiger charge is 2.11. The maximum Gasteiger partial charge on any atom is 0.147 e. The molecule has 0 saturated heterocycles. The first-order valence-corrected chi connectivity index (χ1v) is 6.49.